The molecule has 0 heterocycles. The van der Waals surface area contributed by atoms with Crippen LogP contribution < -0.4 is 10.1 Å². The predicted octanol–water partition coefficient (Wildman–Crippen LogP) is 5.12. The number of halogens is 2. The van der Waals surface area contributed by atoms with E-state index in [-0.39, 0.29) is 10.8 Å². The molecular formula is C22H17ClFNO3. The first-order valence-electron chi connectivity index (χ1n) is 8.56. The Morgan fingerprint density at radius 2 is 1.61 bits per heavy atom. The normalized spacial score (nSPS) is 11.5. The fourth-order valence-corrected chi connectivity index (χ4v) is 2.74. The van der Waals surface area contributed by atoms with E-state index in [1.165, 1.54) is 12.1 Å². The van der Waals surface area contributed by atoms with Crippen molar-refractivity contribution in [1.82, 2.24) is 0 Å². The fourth-order valence-electron chi connectivity index (χ4n) is 2.52. The SMILES string of the molecule is CC(Oc1ccc(C(=O)c2ccccc2)cc1)C(=O)Nc1ccc(F)cc1Cl. The Bertz CT molecular complexity index is 990. The minimum absolute atomic E-state index is 0.0936. The van der Waals surface area contributed by atoms with Crippen molar-refractivity contribution < 1.29 is 18.7 Å². The lowest BCUT2D eigenvalue weighted by molar-refractivity contribution is -0.122. The van der Waals surface area contributed by atoms with Crippen LogP contribution in [0.2, 0.25) is 5.02 Å². The molecule has 0 aromatic heterocycles. The lowest BCUT2D eigenvalue weighted by atomic mass is 10.0. The molecule has 0 radical (unpaired) electrons. The summed E-state index contributed by atoms with van der Waals surface area (Å²) in [5.41, 5.74) is 1.42. The number of ketones is 1. The second-order valence-electron chi connectivity index (χ2n) is 6.09. The minimum atomic E-state index is -0.822. The van der Waals surface area contributed by atoms with Gasteiger partial charge in [-0.3, -0.25) is 9.59 Å². The molecule has 28 heavy (non-hydrogen) atoms. The number of nitrogens with one attached hydrogen (secondary N) is 1. The molecule has 0 aliphatic rings. The molecule has 3 aromatic carbocycles. The minimum Gasteiger partial charge on any atom is -0.481 e. The largest absolute Gasteiger partial charge is 0.481 e. The van der Waals surface area contributed by atoms with E-state index in [1.54, 1.807) is 55.5 Å². The number of hydrogen-bond donors (Lipinski definition) is 1. The molecule has 1 unspecified atom stereocenters. The average molecular weight is 398 g/mol. The van der Waals surface area contributed by atoms with Crippen molar-refractivity contribution in [3.8, 4) is 5.75 Å². The van der Waals surface area contributed by atoms with Gasteiger partial charge in [-0.1, -0.05) is 41.9 Å². The van der Waals surface area contributed by atoms with Crippen molar-refractivity contribution >= 4 is 29.0 Å². The summed E-state index contributed by atoms with van der Waals surface area (Å²) in [6.07, 6.45) is -0.822. The highest BCUT2D eigenvalue weighted by Crippen LogP contribution is 2.23. The van der Waals surface area contributed by atoms with Crippen molar-refractivity contribution in [2.45, 2.75) is 13.0 Å². The maximum absolute atomic E-state index is 13.1. The van der Waals surface area contributed by atoms with Crippen LogP contribution in [0.4, 0.5) is 10.1 Å². The van der Waals surface area contributed by atoms with Gasteiger partial charge in [0, 0.05) is 11.1 Å². The van der Waals surface area contributed by atoms with Gasteiger partial charge in [-0.25, -0.2) is 4.39 Å². The van der Waals surface area contributed by atoms with Crippen LogP contribution in [0.3, 0.4) is 0 Å². The summed E-state index contributed by atoms with van der Waals surface area (Å²) >= 11 is 5.91. The molecule has 1 amide bonds. The van der Waals surface area contributed by atoms with Gasteiger partial charge in [0.05, 0.1) is 10.7 Å². The van der Waals surface area contributed by atoms with Crippen LogP contribution in [0.5, 0.6) is 5.75 Å². The lowest BCUT2D eigenvalue weighted by Gasteiger charge is -2.15. The molecule has 3 aromatic rings. The van der Waals surface area contributed by atoms with Crippen LogP contribution in [0.15, 0.2) is 72.8 Å². The Balaban J connectivity index is 1.63. The molecular weight excluding hydrogens is 381 g/mol. The second-order valence-corrected chi connectivity index (χ2v) is 6.50. The summed E-state index contributed by atoms with van der Waals surface area (Å²) in [6.45, 7) is 1.58. The zero-order valence-electron chi connectivity index (χ0n) is 15.0. The zero-order valence-corrected chi connectivity index (χ0v) is 15.7. The van der Waals surface area contributed by atoms with Crippen LogP contribution >= 0.6 is 11.6 Å². The smallest absolute Gasteiger partial charge is 0.265 e. The highest BCUT2D eigenvalue weighted by Gasteiger charge is 2.17. The van der Waals surface area contributed by atoms with Crippen molar-refractivity contribution in [2.24, 2.45) is 0 Å². The molecule has 0 aliphatic carbocycles. The molecule has 0 saturated carbocycles. The van der Waals surface area contributed by atoms with E-state index in [0.29, 0.717) is 22.6 Å². The van der Waals surface area contributed by atoms with E-state index < -0.39 is 17.8 Å². The number of rotatable bonds is 6. The van der Waals surface area contributed by atoms with Crippen molar-refractivity contribution in [3.63, 3.8) is 0 Å². The van der Waals surface area contributed by atoms with Crippen LogP contribution in [-0.2, 0) is 4.79 Å². The molecule has 0 bridgehead atoms. The molecule has 6 heteroatoms. The number of amides is 1. The van der Waals surface area contributed by atoms with Crippen molar-refractivity contribution in [1.29, 1.82) is 0 Å². The topological polar surface area (TPSA) is 55.4 Å². The Morgan fingerprint density at radius 3 is 2.25 bits per heavy atom. The van der Waals surface area contributed by atoms with Crippen LogP contribution in [0.25, 0.3) is 0 Å². The summed E-state index contributed by atoms with van der Waals surface area (Å²) in [4.78, 5) is 24.7. The fraction of sp³-hybridized carbons (Fsp3) is 0.0909. The first kappa shape index (κ1) is 19.6. The highest BCUT2D eigenvalue weighted by molar-refractivity contribution is 6.33. The quantitative estimate of drug-likeness (QED) is 0.587. The predicted molar refractivity (Wildman–Crippen MR) is 106 cm³/mol. The zero-order chi connectivity index (χ0) is 20.1. The third-order valence-electron chi connectivity index (χ3n) is 4.02. The van der Waals surface area contributed by atoms with Crippen molar-refractivity contribution in [3.05, 3.63) is 94.8 Å². The number of carbonyl (C=O) groups is 2. The van der Waals surface area contributed by atoms with Crippen LogP contribution in [-0.4, -0.2) is 17.8 Å². The standard InChI is InChI=1S/C22H17ClFNO3/c1-14(22(27)25-20-12-9-17(24)13-19(20)23)28-18-10-7-16(8-11-18)21(26)15-5-3-2-4-6-15/h2-14H,1H3,(H,25,27). The van der Waals surface area contributed by atoms with E-state index in [2.05, 4.69) is 5.32 Å². The maximum atomic E-state index is 13.1. The average Bonchev–Trinajstić information content (AvgIpc) is 2.70. The number of carbonyl (C=O) groups excluding carboxylic acids is 2. The molecule has 142 valence electrons. The Hall–Kier alpha value is -3.18. The van der Waals surface area contributed by atoms with E-state index >= 15 is 0 Å². The summed E-state index contributed by atoms with van der Waals surface area (Å²) < 4.78 is 18.7. The van der Waals surface area contributed by atoms with E-state index in [0.717, 1.165) is 6.07 Å². The second kappa shape index (κ2) is 8.67. The molecule has 1 N–H and O–H groups in total. The molecule has 0 aliphatic heterocycles. The van der Waals surface area contributed by atoms with Gasteiger partial charge < -0.3 is 10.1 Å². The third-order valence-corrected chi connectivity index (χ3v) is 4.34. The Morgan fingerprint density at radius 1 is 0.964 bits per heavy atom. The molecule has 0 spiro atoms. The van der Waals surface area contributed by atoms with Crippen LogP contribution in [0, 0.1) is 5.82 Å². The van der Waals surface area contributed by atoms with Gasteiger partial charge in [-0.2, -0.15) is 0 Å². The summed E-state index contributed by atoms with van der Waals surface area (Å²) in [5, 5.41) is 2.69. The highest BCUT2D eigenvalue weighted by atomic mass is 35.5. The van der Waals surface area contributed by atoms with Gasteiger partial charge in [0.1, 0.15) is 11.6 Å². The third kappa shape index (κ3) is 4.75. The van der Waals surface area contributed by atoms with Gasteiger partial charge in [0.25, 0.3) is 5.91 Å². The van der Waals surface area contributed by atoms with Gasteiger partial charge in [0.2, 0.25) is 0 Å². The van der Waals surface area contributed by atoms with E-state index in [1.807, 2.05) is 6.07 Å². The van der Waals surface area contributed by atoms with Gasteiger partial charge in [-0.05, 0) is 49.4 Å². The summed E-state index contributed by atoms with van der Waals surface area (Å²) in [6, 6.07) is 19.2. The Labute approximate surface area is 166 Å². The molecule has 0 saturated heterocycles. The number of ether oxygens (including phenoxy) is 1. The first-order valence-corrected chi connectivity index (χ1v) is 8.94. The molecule has 1 atom stereocenters. The van der Waals surface area contributed by atoms with E-state index in [4.69, 9.17) is 16.3 Å². The van der Waals surface area contributed by atoms with E-state index in [9.17, 15) is 14.0 Å². The number of hydrogen-bond acceptors (Lipinski definition) is 3. The summed E-state index contributed by atoms with van der Waals surface area (Å²) in [5.74, 6) is -0.572. The van der Waals surface area contributed by atoms with Gasteiger partial charge >= 0.3 is 0 Å². The molecule has 0 fully saturated rings. The molecule has 4 nitrogen and oxygen atoms in total. The van der Waals surface area contributed by atoms with Crippen LogP contribution in [0.1, 0.15) is 22.8 Å². The number of benzene rings is 3. The number of anilines is 1. The first-order chi connectivity index (χ1) is 13.4. The monoisotopic (exact) mass is 397 g/mol. The van der Waals surface area contributed by atoms with Gasteiger partial charge in [0.15, 0.2) is 11.9 Å². The van der Waals surface area contributed by atoms with Gasteiger partial charge in [-0.15, -0.1) is 0 Å². The lowest BCUT2D eigenvalue weighted by Crippen LogP contribution is -2.30. The Kier molecular flexibility index (Phi) is 6.06. The summed E-state index contributed by atoms with van der Waals surface area (Å²) in [7, 11) is 0. The maximum Gasteiger partial charge on any atom is 0.265 e. The molecule has 3 rings (SSSR count). The van der Waals surface area contributed by atoms with Crippen molar-refractivity contribution in [2.75, 3.05) is 5.32 Å².